The van der Waals surface area contributed by atoms with Crippen LogP contribution in [-0.4, -0.2) is 32.2 Å². The monoisotopic (exact) mass is 423 g/mol. The van der Waals surface area contributed by atoms with Crippen molar-refractivity contribution in [3.8, 4) is 0 Å². The van der Waals surface area contributed by atoms with Crippen LogP contribution in [0.15, 0.2) is 52.5 Å². The third-order valence-corrected chi connectivity index (χ3v) is 5.22. The molecule has 1 amide bonds. The largest absolute Gasteiger partial charge is 0.331 e. The Balaban J connectivity index is 1.74. The summed E-state index contributed by atoms with van der Waals surface area (Å²) in [5.74, 6) is -0.314. The van der Waals surface area contributed by atoms with Gasteiger partial charge in [-0.05, 0) is 42.5 Å². The standard InChI is InChI=1S/C16H14ClN5O3S2/c1-22-14-11(3-2-4-12(14)17)13(15(22)23)20-21-16(26)19-9-5-7-10(8-6-9)27(18,24)25/h2-8H,1H3,(H2,18,24,25)(H2,19,21,26). The van der Waals surface area contributed by atoms with Crippen molar-refractivity contribution in [1.82, 2.24) is 5.43 Å². The van der Waals surface area contributed by atoms with Crippen LogP contribution in [-0.2, 0) is 14.8 Å². The van der Waals surface area contributed by atoms with E-state index < -0.39 is 10.0 Å². The Morgan fingerprint density at radius 2 is 1.89 bits per heavy atom. The number of fused-ring (bicyclic) bond motifs is 1. The van der Waals surface area contributed by atoms with Gasteiger partial charge in [0.25, 0.3) is 5.91 Å². The van der Waals surface area contributed by atoms with Crippen LogP contribution in [0.1, 0.15) is 5.56 Å². The average Bonchev–Trinajstić information content (AvgIpc) is 2.85. The molecule has 0 radical (unpaired) electrons. The van der Waals surface area contributed by atoms with Gasteiger partial charge in [-0.3, -0.25) is 10.2 Å². The van der Waals surface area contributed by atoms with E-state index in [1.165, 1.54) is 29.2 Å². The first-order valence-corrected chi connectivity index (χ1v) is 9.86. The molecule has 0 fully saturated rings. The molecule has 1 aliphatic heterocycles. The number of carbonyl (C=O) groups excluding carboxylic acids is 1. The molecule has 140 valence electrons. The molecule has 1 aliphatic rings. The lowest BCUT2D eigenvalue weighted by atomic mass is 10.1. The van der Waals surface area contributed by atoms with Gasteiger partial charge < -0.3 is 10.2 Å². The van der Waals surface area contributed by atoms with Crippen molar-refractivity contribution < 1.29 is 13.2 Å². The molecule has 0 unspecified atom stereocenters. The number of nitrogens with zero attached hydrogens (tertiary/aromatic N) is 2. The van der Waals surface area contributed by atoms with Crippen molar-refractivity contribution in [1.29, 1.82) is 0 Å². The Morgan fingerprint density at radius 1 is 1.22 bits per heavy atom. The number of carbonyl (C=O) groups is 1. The molecule has 2 aromatic rings. The smallest absolute Gasteiger partial charge is 0.279 e. The third kappa shape index (κ3) is 3.93. The maximum atomic E-state index is 12.4. The summed E-state index contributed by atoms with van der Waals surface area (Å²) in [6.45, 7) is 0. The van der Waals surface area contributed by atoms with Crippen LogP contribution >= 0.6 is 23.8 Å². The average molecular weight is 424 g/mol. The van der Waals surface area contributed by atoms with Gasteiger partial charge >= 0.3 is 0 Å². The molecule has 8 nitrogen and oxygen atoms in total. The third-order valence-electron chi connectivity index (χ3n) is 3.79. The minimum absolute atomic E-state index is 0.0137. The van der Waals surface area contributed by atoms with Crippen molar-refractivity contribution in [2.45, 2.75) is 4.90 Å². The second kappa shape index (κ2) is 7.24. The molecule has 0 aromatic heterocycles. The van der Waals surface area contributed by atoms with Gasteiger partial charge in [0.15, 0.2) is 10.8 Å². The molecule has 0 spiro atoms. The summed E-state index contributed by atoms with van der Waals surface area (Å²) in [5.41, 5.74) is 4.50. The number of para-hydroxylation sites is 1. The molecule has 2 aromatic carbocycles. The predicted molar refractivity (Wildman–Crippen MR) is 109 cm³/mol. The van der Waals surface area contributed by atoms with Crippen molar-refractivity contribution in [3.63, 3.8) is 0 Å². The minimum atomic E-state index is -3.76. The molecule has 27 heavy (non-hydrogen) atoms. The van der Waals surface area contributed by atoms with Gasteiger partial charge in [-0.1, -0.05) is 23.7 Å². The number of hydrazone groups is 1. The number of hydrogen-bond donors (Lipinski definition) is 3. The van der Waals surface area contributed by atoms with Gasteiger partial charge in [0.05, 0.1) is 15.6 Å². The highest BCUT2D eigenvalue weighted by Crippen LogP contribution is 2.34. The molecular weight excluding hydrogens is 410 g/mol. The number of nitrogens with two attached hydrogens (primary N) is 1. The van der Waals surface area contributed by atoms with Crippen molar-refractivity contribution >= 4 is 61.9 Å². The number of likely N-dealkylation sites (N-methyl/N-ethyl adjacent to an activating group) is 1. The quantitative estimate of drug-likeness (QED) is 0.510. The fourth-order valence-corrected chi connectivity index (χ4v) is 3.50. The van der Waals surface area contributed by atoms with Gasteiger partial charge in [-0.15, -0.1) is 0 Å². The van der Waals surface area contributed by atoms with Crippen LogP contribution in [0.2, 0.25) is 5.02 Å². The van der Waals surface area contributed by atoms with Crippen molar-refractivity contribution in [2.75, 3.05) is 17.3 Å². The molecule has 11 heteroatoms. The number of benzene rings is 2. The molecule has 4 N–H and O–H groups in total. The number of rotatable bonds is 3. The zero-order valence-corrected chi connectivity index (χ0v) is 16.3. The highest BCUT2D eigenvalue weighted by atomic mass is 35.5. The van der Waals surface area contributed by atoms with Crippen LogP contribution in [0.4, 0.5) is 11.4 Å². The van der Waals surface area contributed by atoms with Gasteiger partial charge in [0, 0.05) is 18.3 Å². The van der Waals surface area contributed by atoms with E-state index >= 15 is 0 Å². The number of hydrogen-bond acceptors (Lipinski definition) is 5. The highest BCUT2D eigenvalue weighted by molar-refractivity contribution is 7.89. The van der Waals surface area contributed by atoms with E-state index in [4.69, 9.17) is 29.0 Å². The zero-order chi connectivity index (χ0) is 19.8. The number of sulfonamides is 1. The molecular formula is C16H14ClN5O3S2. The second-order valence-electron chi connectivity index (χ2n) is 5.60. The minimum Gasteiger partial charge on any atom is -0.331 e. The first-order valence-electron chi connectivity index (χ1n) is 7.53. The molecule has 3 rings (SSSR count). The zero-order valence-electron chi connectivity index (χ0n) is 13.9. The molecule has 0 atom stereocenters. The molecule has 0 saturated heterocycles. The van der Waals surface area contributed by atoms with E-state index in [0.29, 0.717) is 22.0 Å². The summed E-state index contributed by atoms with van der Waals surface area (Å²) in [6.07, 6.45) is 0. The van der Waals surface area contributed by atoms with E-state index in [1.807, 2.05) is 0 Å². The van der Waals surface area contributed by atoms with Crippen molar-refractivity contribution in [3.05, 3.63) is 53.1 Å². The van der Waals surface area contributed by atoms with Crippen molar-refractivity contribution in [2.24, 2.45) is 10.2 Å². The van der Waals surface area contributed by atoms with E-state index in [-0.39, 0.29) is 21.6 Å². The Bertz CT molecular complexity index is 1070. The summed E-state index contributed by atoms with van der Waals surface area (Å²) >= 11 is 11.3. The van der Waals surface area contributed by atoms with Crippen LogP contribution in [0, 0.1) is 0 Å². The lowest BCUT2D eigenvalue weighted by Crippen LogP contribution is -2.30. The Kier molecular flexibility index (Phi) is 5.16. The lowest BCUT2D eigenvalue weighted by Gasteiger charge is -2.10. The van der Waals surface area contributed by atoms with Crippen LogP contribution in [0.5, 0.6) is 0 Å². The lowest BCUT2D eigenvalue weighted by molar-refractivity contribution is -0.111. The number of anilines is 2. The van der Waals surface area contributed by atoms with Gasteiger partial charge in [0.1, 0.15) is 0 Å². The molecule has 0 aliphatic carbocycles. The van der Waals surface area contributed by atoms with E-state index in [0.717, 1.165) is 0 Å². The summed E-state index contributed by atoms with van der Waals surface area (Å²) in [4.78, 5) is 13.8. The van der Waals surface area contributed by atoms with Crippen LogP contribution in [0.3, 0.4) is 0 Å². The topological polar surface area (TPSA) is 117 Å². The van der Waals surface area contributed by atoms with Crippen LogP contribution < -0.4 is 20.8 Å². The molecule has 0 bridgehead atoms. The van der Waals surface area contributed by atoms with E-state index in [1.54, 1.807) is 25.2 Å². The molecule has 1 heterocycles. The summed E-state index contributed by atoms with van der Waals surface area (Å²) in [6, 6.07) is 10.9. The first kappa shape index (κ1) is 19.2. The Morgan fingerprint density at radius 3 is 2.52 bits per heavy atom. The number of amides is 1. The first-order chi connectivity index (χ1) is 12.7. The fourth-order valence-electron chi connectivity index (χ4n) is 2.52. The fraction of sp³-hybridized carbons (Fsp3) is 0.0625. The van der Waals surface area contributed by atoms with E-state index in [9.17, 15) is 13.2 Å². The summed E-state index contributed by atoms with van der Waals surface area (Å²) in [5, 5.41) is 12.5. The maximum absolute atomic E-state index is 12.4. The maximum Gasteiger partial charge on any atom is 0.279 e. The Labute approximate surface area is 166 Å². The number of nitrogens with one attached hydrogen (secondary N) is 2. The van der Waals surface area contributed by atoms with E-state index in [2.05, 4.69) is 15.8 Å². The number of thiocarbonyl (C=S) groups is 1. The van der Waals surface area contributed by atoms with Crippen LogP contribution in [0.25, 0.3) is 0 Å². The number of primary sulfonamides is 1. The highest BCUT2D eigenvalue weighted by Gasteiger charge is 2.33. The van der Waals surface area contributed by atoms with Gasteiger partial charge in [-0.2, -0.15) is 5.10 Å². The summed E-state index contributed by atoms with van der Waals surface area (Å²) in [7, 11) is -2.15. The SMILES string of the molecule is CN1C(=O)C(=NNC(=S)Nc2ccc(S(N)(=O)=O)cc2)c2cccc(Cl)c21. The second-order valence-corrected chi connectivity index (χ2v) is 7.97. The summed E-state index contributed by atoms with van der Waals surface area (Å²) < 4.78 is 22.5. The normalized spacial score (nSPS) is 15.0. The predicted octanol–water partition coefficient (Wildman–Crippen LogP) is 1.65. The number of halogens is 1. The van der Waals surface area contributed by atoms with Gasteiger partial charge in [0.2, 0.25) is 10.0 Å². The Hall–Kier alpha value is -2.53. The molecule has 0 saturated carbocycles. The van der Waals surface area contributed by atoms with Gasteiger partial charge in [-0.25, -0.2) is 13.6 Å².